The molecule has 0 spiro atoms. The van der Waals surface area contributed by atoms with Crippen molar-refractivity contribution in [1.82, 2.24) is 20.4 Å². The summed E-state index contributed by atoms with van der Waals surface area (Å²) in [5, 5.41) is 10.5. The van der Waals surface area contributed by atoms with Crippen molar-refractivity contribution in [1.29, 1.82) is 0 Å². The molecule has 3 rings (SSSR count). The number of hydrogen-bond donors (Lipinski definition) is 3. The summed E-state index contributed by atoms with van der Waals surface area (Å²) in [4.78, 5) is 24.4. The molecule has 0 aromatic carbocycles. The fourth-order valence-electron chi connectivity index (χ4n) is 3.89. The van der Waals surface area contributed by atoms with Gasteiger partial charge in [0.05, 0.1) is 17.5 Å². The first kappa shape index (κ1) is 18.7. The van der Waals surface area contributed by atoms with Crippen LogP contribution in [-0.4, -0.2) is 41.2 Å². The van der Waals surface area contributed by atoms with Gasteiger partial charge in [0.25, 0.3) is 0 Å². The van der Waals surface area contributed by atoms with Gasteiger partial charge in [-0.3, -0.25) is 14.3 Å². The monoisotopic (exact) mass is 355 g/mol. The van der Waals surface area contributed by atoms with Crippen LogP contribution in [0.25, 0.3) is 0 Å². The van der Waals surface area contributed by atoms with E-state index >= 15 is 0 Å². The Hall–Kier alpha value is -1.60. The van der Waals surface area contributed by atoms with Crippen LogP contribution in [0.5, 0.6) is 0 Å². The van der Waals surface area contributed by atoms with Crippen molar-refractivity contribution in [3.63, 3.8) is 0 Å². The highest BCUT2D eigenvalue weighted by atomic mass is 35.5. The van der Waals surface area contributed by atoms with Crippen LogP contribution in [-0.2, 0) is 16.6 Å². The van der Waals surface area contributed by atoms with E-state index in [1.165, 1.54) is 0 Å². The lowest BCUT2D eigenvalue weighted by molar-refractivity contribution is -0.129. The molecule has 4 N–H and O–H groups in total. The SMILES string of the molecule is Cl.Cn1cc([C@H]2CNC[C@@H]2C(=O)NCC2(C(N)=O)CCCC2)cn1. The number of aromatic nitrogens is 2. The van der Waals surface area contributed by atoms with E-state index in [0.717, 1.165) is 37.8 Å². The first-order chi connectivity index (χ1) is 11.0. The molecule has 1 saturated carbocycles. The van der Waals surface area contributed by atoms with E-state index in [4.69, 9.17) is 5.73 Å². The van der Waals surface area contributed by atoms with Gasteiger partial charge in [0.1, 0.15) is 0 Å². The normalized spacial score (nSPS) is 25.2. The van der Waals surface area contributed by atoms with Gasteiger partial charge in [0, 0.05) is 38.8 Å². The fraction of sp³-hybridized carbons (Fsp3) is 0.688. The van der Waals surface area contributed by atoms with Gasteiger partial charge in [-0.2, -0.15) is 5.10 Å². The van der Waals surface area contributed by atoms with E-state index in [9.17, 15) is 9.59 Å². The van der Waals surface area contributed by atoms with Crippen LogP contribution in [0.1, 0.15) is 37.2 Å². The highest BCUT2D eigenvalue weighted by Gasteiger charge is 2.41. The zero-order valence-corrected chi connectivity index (χ0v) is 14.8. The second-order valence-electron chi connectivity index (χ2n) is 6.89. The zero-order chi connectivity index (χ0) is 16.4. The number of primary amides is 1. The summed E-state index contributed by atoms with van der Waals surface area (Å²) in [6.45, 7) is 1.77. The molecule has 0 unspecified atom stereocenters. The van der Waals surface area contributed by atoms with Crippen LogP contribution in [0.2, 0.25) is 0 Å². The summed E-state index contributed by atoms with van der Waals surface area (Å²) in [7, 11) is 1.87. The number of carbonyl (C=O) groups is 2. The van der Waals surface area contributed by atoms with E-state index < -0.39 is 5.41 Å². The molecule has 2 amide bonds. The highest BCUT2D eigenvalue weighted by Crippen LogP contribution is 2.37. The Morgan fingerprint density at radius 3 is 2.71 bits per heavy atom. The number of carbonyl (C=O) groups excluding carboxylic acids is 2. The summed E-state index contributed by atoms with van der Waals surface area (Å²) in [5.74, 6) is -0.303. The number of aryl methyl sites for hydroxylation is 1. The highest BCUT2D eigenvalue weighted by molar-refractivity contribution is 5.85. The lowest BCUT2D eigenvalue weighted by atomic mass is 9.84. The number of nitrogens with one attached hydrogen (secondary N) is 2. The fourth-order valence-corrected chi connectivity index (χ4v) is 3.89. The number of amides is 2. The second-order valence-corrected chi connectivity index (χ2v) is 6.89. The third-order valence-electron chi connectivity index (χ3n) is 5.39. The van der Waals surface area contributed by atoms with Crippen molar-refractivity contribution >= 4 is 24.2 Å². The van der Waals surface area contributed by atoms with Crippen LogP contribution < -0.4 is 16.4 Å². The maximum absolute atomic E-state index is 12.6. The molecule has 1 aromatic rings. The molecule has 7 nitrogen and oxygen atoms in total. The van der Waals surface area contributed by atoms with Gasteiger partial charge in [0.2, 0.25) is 11.8 Å². The quantitative estimate of drug-likeness (QED) is 0.707. The Labute approximate surface area is 148 Å². The second kappa shape index (κ2) is 7.53. The third-order valence-corrected chi connectivity index (χ3v) is 5.39. The first-order valence-electron chi connectivity index (χ1n) is 8.29. The summed E-state index contributed by atoms with van der Waals surface area (Å²) in [6.07, 6.45) is 7.33. The molecule has 24 heavy (non-hydrogen) atoms. The molecule has 1 aromatic heterocycles. The van der Waals surface area contributed by atoms with Gasteiger partial charge in [-0.05, 0) is 18.4 Å². The van der Waals surface area contributed by atoms with Crippen LogP contribution in [0, 0.1) is 11.3 Å². The molecule has 134 valence electrons. The van der Waals surface area contributed by atoms with Crippen molar-refractivity contribution in [3.05, 3.63) is 18.0 Å². The Morgan fingerprint density at radius 2 is 2.12 bits per heavy atom. The Kier molecular flexibility index (Phi) is 5.87. The molecule has 0 radical (unpaired) electrons. The van der Waals surface area contributed by atoms with Gasteiger partial charge in [0.15, 0.2) is 0 Å². The smallest absolute Gasteiger partial charge is 0.225 e. The summed E-state index contributed by atoms with van der Waals surface area (Å²) < 4.78 is 1.75. The number of nitrogens with zero attached hydrogens (tertiary/aromatic N) is 2. The van der Waals surface area contributed by atoms with Crippen LogP contribution >= 0.6 is 12.4 Å². The van der Waals surface area contributed by atoms with E-state index in [1.807, 2.05) is 19.4 Å². The maximum atomic E-state index is 12.6. The predicted octanol–water partition coefficient (Wildman–Crippen LogP) is 0.307. The molecule has 2 atom stereocenters. The number of nitrogens with two attached hydrogens (primary N) is 1. The molecule has 8 heteroatoms. The average Bonchev–Trinajstić information content (AvgIpc) is 3.24. The molecular formula is C16H26ClN5O2. The molecule has 2 fully saturated rings. The van der Waals surface area contributed by atoms with E-state index in [-0.39, 0.29) is 36.1 Å². The zero-order valence-electron chi connectivity index (χ0n) is 14.0. The summed E-state index contributed by atoms with van der Waals surface area (Å²) >= 11 is 0. The third kappa shape index (κ3) is 3.57. The van der Waals surface area contributed by atoms with Crippen molar-refractivity contribution in [2.24, 2.45) is 24.1 Å². The molecular weight excluding hydrogens is 330 g/mol. The van der Waals surface area contributed by atoms with Crippen LogP contribution in [0.15, 0.2) is 12.4 Å². The average molecular weight is 356 g/mol. The summed E-state index contributed by atoms with van der Waals surface area (Å²) in [6, 6.07) is 0. The molecule has 2 heterocycles. The van der Waals surface area contributed by atoms with Gasteiger partial charge < -0.3 is 16.4 Å². The van der Waals surface area contributed by atoms with Gasteiger partial charge in [-0.1, -0.05) is 12.8 Å². The van der Waals surface area contributed by atoms with E-state index in [2.05, 4.69) is 15.7 Å². The number of hydrogen-bond acceptors (Lipinski definition) is 4. The molecule has 1 aliphatic heterocycles. The topological polar surface area (TPSA) is 102 Å². The molecule has 1 aliphatic carbocycles. The minimum atomic E-state index is -0.550. The van der Waals surface area contributed by atoms with Gasteiger partial charge >= 0.3 is 0 Å². The van der Waals surface area contributed by atoms with Crippen molar-refractivity contribution in [3.8, 4) is 0 Å². The van der Waals surface area contributed by atoms with Gasteiger partial charge in [-0.25, -0.2) is 0 Å². The lowest BCUT2D eigenvalue weighted by Crippen LogP contribution is -2.46. The molecule has 1 saturated heterocycles. The Bertz CT molecular complexity index is 597. The standard InChI is InChI=1S/C16H25N5O2.ClH/c1-21-9-11(6-20-21)12-7-18-8-13(12)14(22)19-10-16(15(17)23)4-2-3-5-16;/h6,9,12-13,18H,2-5,7-8,10H2,1H3,(H2,17,23)(H,19,22);1H/t12-,13+;/m1./s1. The first-order valence-corrected chi connectivity index (χ1v) is 8.29. The summed E-state index contributed by atoms with van der Waals surface area (Å²) in [5.41, 5.74) is 6.10. The van der Waals surface area contributed by atoms with Crippen molar-refractivity contribution < 1.29 is 9.59 Å². The Balaban J connectivity index is 0.00000208. The van der Waals surface area contributed by atoms with E-state index in [0.29, 0.717) is 13.1 Å². The predicted molar refractivity (Wildman–Crippen MR) is 92.7 cm³/mol. The molecule has 2 aliphatic rings. The maximum Gasteiger partial charge on any atom is 0.225 e. The van der Waals surface area contributed by atoms with Crippen LogP contribution in [0.3, 0.4) is 0 Å². The van der Waals surface area contributed by atoms with E-state index in [1.54, 1.807) is 4.68 Å². The minimum absolute atomic E-state index is 0. The minimum Gasteiger partial charge on any atom is -0.369 e. The lowest BCUT2D eigenvalue weighted by Gasteiger charge is -2.26. The number of halogens is 1. The van der Waals surface area contributed by atoms with Crippen LogP contribution in [0.4, 0.5) is 0 Å². The molecule has 0 bridgehead atoms. The van der Waals surface area contributed by atoms with Crippen molar-refractivity contribution in [2.45, 2.75) is 31.6 Å². The largest absolute Gasteiger partial charge is 0.369 e. The van der Waals surface area contributed by atoms with Gasteiger partial charge in [-0.15, -0.1) is 12.4 Å². The Morgan fingerprint density at radius 1 is 1.42 bits per heavy atom. The number of rotatable bonds is 5. The van der Waals surface area contributed by atoms with Crippen molar-refractivity contribution in [2.75, 3.05) is 19.6 Å².